The van der Waals surface area contributed by atoms with Crippen LogP contribution in [0.5, 0.6) is 0 Å². The van der Waals surface area contributed by atoms with Crippen LogP contribution < -0.4 is 0 Å². The minimum Gasteiger partial charge on any atom is -0.150 e. The Balaban J connectivity index is 2.09. The minimum atomic E-state index is 0.866. The van der Waals surface area contributed by atoms with Crippen molar-refractivity contribution < 1.29 is 0 Å². The van der Waals surface area contributed by atoms with Gasteiger partial charge in [0.1, 0.15) is 0 Å². The number of allylic oxidation sites excluding steroid dienone is 1. The van der Waals surface area contributed by atoms with Gasteiger partial charge in [-0.15, -0.1) is 0 Å². The highest BCUT2D eigenvalue weighted by molar-refractivity contribution is 8.01. The highest BCUT2D eigenvalue weighted by Crippen LogP contribution is 2.47. The second-order valence-corrected chi connectivity index (χ2v) is 5.09. The third kappa shape index (κ3) is 0.914. The lowest BCUT2D eigenvalue weighted by Gasteiger charge is -2.20. The average Bonchev–Trinajstić information content (AvgIpc) is 2.44. The van der Waals surface area contributed by atoms with E-state index in [1.807, 2.05) is 0 Å². The lowest BCUT2D eigenvalue weighted by molar-refractivity contribution is 0.511. The summed E-state index contributed by atoms with van der Waals surface area (Å²) in [5.74, 6) is 1.78. The fraction of sp³-hybridized carbons (Fsp3) is 0.778. The molecule has 0 radical (unpaired) electrons. The molecule has 2 bridgehead atoms. The monoisotopic (exact) mass is 154 g/mol. The van der Waals surface area contributed by atoms with Gasteiger partial charge in [-0.05, 0) is 18.3 Å². The maximum absolute atomic E-state index is 2.42. The molecule has 1 heteroatoms. The first kappa shape index (κ1) is 6.78. The SMILES string of the molecule is CC(C)[C@H]1S[C@H]2C=C[C@@H]1C2. The fourth-order valence-corrected chi connectivity index (χ4v) is 3.63. The molecule has 0 saturated carbocycles. The van der Waals surface area contributed by atoms with Crippen LogP contribution in [0.1, 0.15) is 20.3 Å². The Morgan fingerprint density at radius 3 is 2.50 bits per heavy atom. The number of hydrogen-bond acceptors (Lipinski definition) is 1. The van der Waals surface area contributed by atoms with Crippen LogP contribution >= 0.6 is 11.8 Å². The van der Waals surface area contributed by atoms with Gasteiger partial charge in [0.25, 0.3) is 0 Å². The van der Waals surface area contributed by atoms with E-state index >= 15 is 0 Å². The van der Waals surface area contributed by atoms with Crippen molar-refractivity contribution in [3.8, 4) is 0 Å². The second kappa shape index (κ2) is 2.30. The Bertz CT molecular complexity index is 160. The van der Waals surface area contributed by atoms with E-state index in [1.54, 1.807) is 0 Å². The van der Waals surface area contributed by atoms with Crippen LogP contribution in [0.2, 0.25) is 0 Å². The van der Waals surface area contributed by atoms with E-state index in [1.165, 1.54) is 6.42 Å². The molecule has 0 nitrogen and oxygen atoms in total. The van der Waals surface area contributed by atoms with Crippen LogP contribution in [0.4, 0.5) is 0 Å². The van der Waals surface area contributed by atoms with E-state index < -0.39 is 0 Å². The van der Waals surface area contributed by atoms with Crippen LogP contribution in [0.3, 0.4) is 0 Å². The van der Waals surface area contributed by atoms with Crippen molar-refractivity contribution in [1.82, 2.24) is 0 Å². The summed E-state index contributed by atoms with van der Waals surface area (Å²) in [6.45, 7) is 4.68. The molecule has 1 heterocycles. The molecule has 2 rings (SSSR count). The molecule has 0 aromatic rings. The van der Waals surface area contributed by atoms with E-state index in [0.29, 0.717) is 0 Å². The first-order chi connectivity index (χ1) is 4.77. The van der Waals surface area contributed by atoms with Crippen LogP contribution in [-0.2, 0) is 0 Å². The summed E-state index contributed by atoms with van der Waals surface area (Å²) < 4.78 is 0. The van der Waals surface area contributed by atoms with Crippen molar-refractivity contribution in [2.75, 3.05) is 0 Å². The summed E-state index contributed by atoms with van der Waals surface area (Å²) in [6.07, 6.45) is 6.23. The van der Waals surface area contributed by atoms with Crippen molar-refractivity contribution >= 4 is 11.8 Å². The maximum Gasteiger partial charge on any atom is 0.0236 e. The topological polar surface area (TPSA) is 0 Å². The molecule has 0 aromatic carbocycles. The van der Waals surface area contributed by atoms with Gasteiger partial charge in [0.05, 0.1) is 0 Å². The highest BCUT2D eigenvalue weighted by atomic mass is 32.2. The molecule has 1 saturated heterocycles. The zero-order chi connectivity index (χ0) is 7.14. The first-order valence-corrected chi connectivity index (χ1v) is 5.05. The zero-order valence-corrected chi connectivity index (χ0v) is 7.40. The molecule has 1 fully saturated rings. The first-order valence-electron chi connectivity index (χ1n) is 4.11. The van der Waals surface area contributed by atoms with Gasteiger partial charge in [-0.25, -0.2) is 0 Å². The lowest BCUT2D eigenvalue weighted by Crippen LogP contribution is -2.16. The van der Waals surface area contributed by atoms with E-state index in [-0.39, 0.29) is 0 Å². The van der Waals surface area contributed by atoms with Gasteiger partial charge in [0.15, 0.2) is 0 Å². The van der Waals surface area contributed by atoms with Gasteiger partial charge >= 0.3 is 0 Å². The Labute approximate surface area is 67.1 Å². The maximum atomic E-state index is 2.42. The highest BCUT2D eigenvalue weighted by Gasteiger charge is 2.37. The van der Waals surface area contributed by atoms with Crippen molar-refractivity contribution in [3.05, 3.63) is 12.2 Å². The van der Waals surface area contributed by atoms with Crippen LogP contribution in [0, 0.1) is 11.8 Å². The summed E-state index contributed by atoms with van der Waals surface area (Å²) in [5.41, 5.74) is 0. The molecule has 0 amide bonds. The average molecular weight is 154 g/mol. The molecule has 0 unspecified atom stereocenters. The molecule has 0 N–H and O–H groups in total. The molecule has 56 valence electrons. The van der Waals surface area contributed by atoms with Gasteiger partial charge in [0, 0.05) is 10.5 Å². The second-order valence-electron chi connectivity index (χ2n) is 3.67. The standard InChI is InChI=1S/C9H14S/c1-6(2)9-7-3-4-8(5-7)10-9/h3-4,6-9H,5H2,1-2H3/t7-,8+,9-/m1/s1. The van der Waals surface area contributed by atoms with E-state index in [0.717, 1.165) is 22.3 Å². The molecule has 3 atom stereocenters. The summed E-state index contributed by atoms with van der Waals surface area (Å²) in [4.78, 5) is 0. The fourth-order valence-electron chi connectivity index (χ4n) is 1.99. The molecule has 0 spiro atoms. The molecule has 0 aromatic heterocycles. The summed E-state index contributed by atoms with van der Waals surface area (Å²) in [5, 5.41) is 1.80. The van der Waals surface area contributed by atoms with E-state index in [9.17, 15) is 0 Å². The zero-order valence-electron chi connectivity index (χ0n) is 6.58. The van der Waals surface area contributed by atoms with E-state index in [2.05, 4.69) is 37.8 Å². The Hall–Kier alpha value is 0.0900. The van der Waals surface area contributed by atoms with Crippen LogP contribution in [-0.4, -0.2) is 10.5 Å². The summed E-state index contributed by atoms with van der Waals surface area (Å²) >= 11 is 2.18. The molecule has 1 aliphatic heterocycles. The molecule has 1 aliphatic carbocycles. The molecular weight excluding hydrogens is 140 g/mol. The summed E-state index contributed by atoms with van der Waals surface area (Å²) in [7, 11) is 0. The van der Waals surface area contributed by atoms with Gasteiger partial charge in [-0.2, -0.15) is 11.8 Å². The number of thioether (sulfide) groups is 1. The largest absolute Gasteiger partial charge is 0.150 e. The molecule has 2 aliphatic rings. The number of hydrogen-bond donors (Lipinski definition) is 0. The van der Waals surface area contributed by atoms with Crippen LogP contribution in [0.25, 0.3) is 0 Å². The van der Waals surface area contributed by atoms with Crippen molar-refractivity contribution in [2.24, 2.45) is 11.8 Å². The number of rotatable bonds is 1. The lowest BCUT2D eigenvalue weighted by atomic mass is 9.96. The third-order valence-electron chi connectivity index (χ3n) is 2.49. The Kier molecular flexibility index (Phi) is 1.56. The van der Waals surface area contributed by atoms with Gasteiger partial charge < -0.3 is 0 Å². The number of fused-ring (bicyclic) bond motifs is 2. The van der Waals surface area contributed by atoms with Crippen LogP contribution in [0.15, 0.2) is 12.2 Å². The smallest absolute Gasteiger partial charge is 0.0236 e. The Morgan fingerprint density at radius 1 is 1.40 bits per heavy atom. The Morgan fingerprint density at radius 2 is 2.20 bits per heavy atom. The molecule has 10 heavy (non-hydrogen) atoms. The third-order valence-corrected chi connectivity index (χ3v) is 4.40. The minimum absolute atomic E-state index is 0.866. The molecular formula is C9H14S. The normalized spacial score (nSPS) is 43.7. The van der Waals surface area contributed by atoms with Gasteiger partial charge in [-0.3, -0.25) is 0 Å². The quantitative estimate of drug-likeness (QED) is 0.523. The van der Waals surface area contributed by atoms with Crippen molar-refractivity contribution in [3.63, 3.8) is 0 Å². The van der Waals surface area contributed by atoms with Gasteiger partial charge in [0.2, 0.25) is 0 Å². The summed E-state index contributed by atoms with van der Waals surface area (Å²) in [6, 6.07) is 0. The van der Waals surface area contributed by atoms with Gasteiger partial charge in [-0.1, -0.05) is 26.0 Å². The predicted molar refractivity (Wildman–Crippen MR) is 47.3 cm³/mol. The predicted octanol–water partition coefficient (Wildman–Crippen LogP) is 2.70. The van der Waals surface area contributed by atoms with Crippen molar-refractivity contribution in [2.45, 2.75) is 30.8 Å². The van der Waals surface area contributed by atoms with Crippen molar-refractivity contribution in [1.29, 1.82) is 0 Å². The van der Waals surface area contributed by atoms with E-state index in [4.69, 9.17) is 0 Å².